The first-order valence-corrected chi connectivity index (χ1v) is 5.54. The zero-order chi connectivity index (χ0) is 10.1. The second-order valence-corrected chi connectivity index (χ2v) is 4.10. The van der Waals surface area contributed by atoms with Crippen LogP contribution in [0.4, 0.5) is 0 Å². The summed E-state index contributed by atoms with van der Waals surface area (Å²) in [6, 6.07) is 0. The van der Waals surface area contributed by atoms with Crippen LogP contribution >= 0.6 is 12.2 Å². The number of nitrogens with zero attached hydrogens (tertiary/aromatic N) is 1. The average Bonchev–Trinajstić information content (AvgIpc) is 2.04. The third-order valence-corrected chi connectivity index (χ3v) is 2.31. The number of nitrogens with two attached hydrogens (primary N) is 1. The van der Waals surface area contributed by atoms with Crippen molar-refractivity contribution < 1.29 is 0 Å². The van der Waals surface area contributed by atoms with E-state index in [1.54, 1.807) is 0 Å². The Morgan fingerprint density at radius 3 is 2.38 bits per heavy atom. The van der Waals surface area contributed by atoms with Gasteiger partial charge in [-0.25, -0.2) is 0 Å². The van der Waals surface area contributed by atoms with Gasteiger partial charge in [0.05, 0.1) is 4.99 Å². The smallest absolute Gasteiger partial charge is 0.0727 e. The van der Waals surface area contributed by atoms with Gasteiger partial charge < -0.3 is 10.6 Å². The van der Waals surface area contributed by atoms with Crippen molar-refractivity contribution in [2.24, 2.45) is 5.73 Å². The largest absolute Gasteiger partial charge is 0.393 e. The molecule has 0 aliphatic rings. The van der Waals surface area contributed by atoms with Crippen LogP contribution in [0.25, 0.3) is 0 Å². The standard InChI is InChI=1S/C10H22N2S/c1-3-4-5-8-12(2)9-6-7-10(11)13/h3-9H2,1-2H3,(H2,11,13). The van der Waals surface area contributed by atoms with Crippen molar-refractivity contribution in [3.63, 3.8) is 0 Å². The van der Waals surface area contributed by atoms with Gasteiger partial charge in [-0.2, -0.15) is 0 Å². The maximum atomic E-state index is 5.41. The fraction of sp³-hybridized carbons (Fsp3) is 0.900. The van der Waals surface area contributed by atoms with Crippen LogP contribution in [0.15, 0.2) is 0 Å². The summed E-state index contributed by atoms with van der Waals surface area (Å²) in [6.07, 6.45) is 5.91. The van der Waals surface area contributed by atoms with Gasteiger partial charge in [0, 0.05) is 0 Å². The van der Waals surface area contributed by atoms with E-state index >= 15 is 0 Å². The van der Waals surface area contributed by atoms with Crippen molar-refractivity contribution in [2.75, 3.05) is 20.1 Å². The molecule has 2 nitrogen and oxygen atoms in total. The average molecular weight is 202 g/mol. The molecule has 0 saturated carbocycles. The summed E-state index contributed by atoms with van der Waals surface area (Å²) in [5.74, 6) is 0. The van der Waals surface area contributed by atoms with Crippen molar-refractivity contribution in [3.05, 3.63) is 0 Å². The van der Waals surface area contributed by atoms with Gasteiger partial charge in [-0.15, -0.1) is 0 Å². The maximum absolute atomic E-state index is 5.41. The molecule has 0 aliphatic heterocycles. The van der Waals surface area contributed by atoms with Gasteiger partial charge in [-0.1, -0.05) is 32.0 Å². The first kappa shape index (κ1) is 12.8. The third kappa shape index (κ3) is 9.77. The Kier molecular flexibility index (Phi) is 8.35. The van der Waals surface area contributed by atoms with Crippen molar-refractivity contribution in [1.29, 1.82) is 0 Å². The topological polar surface area (TPSA) is 29.3 Å². The molecular formula is C10H22N2S. The van der Waals surface area contributed by atoms with E-state index in [1.165, 1.54) is 25.8 Å². The molecule has 0 atom stereocenters. The van der Waals surface area contributed by atoms with E-state index in [0.29, 0.717) is 4.99 Å². The summed E-state index contributed by atoms with van der Waals surface area (Å²) in [5.41, 5.74) is 5.41. The Morgan fingerprint density at radius 2 is 1.85 bits per heavy atom. The molecule has 0 spiro atoms. The van der Waals surface area contributed by atoms with Gasteiger partial charge in [0.1, 0.15) is 0 Å². The van der Waals surface area contributed by atoms with E-state index in [4.69, 9.17) is 18.0 Å². The molecule has 0 unspecified atom stereocenters. The second kappa shape index (κ2) is 8.45. The lowest BCUT2D eigenvalue weighted by Gasteiger charge is -2.15. The van der Waals surface area contributed by atoms with Crippen molar-refractivity contribution in [3.8, 4) is 0 Å². The first-order valence-electron chi connectivity index (χ1n) is 5.13. The predicted octanol–water partition coefficient (Wildman–Crippen LogP) is 2.17. The van der Waals surface area contributed by atoms with Gasteiger partial charge in [-0.3, -0.25) is 0 Å². The van der Waals surface area contributed by atoms with E-state index in [-0.39, 0.29) is 0 Å². The molecule has 78 valence electrons. The normalized spacial score (nSPS) is 10.7. The van der Waals surface area contributed by atoms with Crippen LogP contribution in [0.1, 0.15) is 39.0 Å². The molecular weight excluding hydrogens is 180 g/mol. The van der Waals surface area contributed by atoms with Crippen LogP contribution in [0.2, 0.25) is 0 Å². The number of hydrogen-bond donors (Lipinski definition) is 1. The lowest BCUT2D eigenvalue weighted by molar-refractivity contribution is 0.323. The van der Waals surface area contributed by atoms with Crippen molar-refractivity contribution >= 4 is 17.2 Å². The molecule has 0 aromatic rings. The van der Waals surface area contributed by atoms with E-state index in [9.17, 15) is 0 Å². The van der Waals surface area contributed by atoms with Gasteiger partial charge in [0.2, 0.25) is 0 Å². The quantitative estimate of drug-likeness (QED) is 0.483. The highest BCUT2D eigenvalue weighted by atomic mass is 32.1. The van der Waals surface area contributed by atoms with Crippen LogP contribution in [0.3, 0.4) is 0 Å². The molecule has 0 amide bonds. The van der Waals surface area contributed by atoms with Crippen LogP contribution in [0, 0.1) is 0 Å². The first-order chi connectivity index (χ1) is 6.16. The highest BCUT2D eigenvalue weighted by molar-refractivity contribution is 7.80. The summed E-state index contributed by atoms with van der Waals surface area (Å²) < 4.78 is 0. The Balaban J connectivity index is 3.19. The van der Waals surface area contributed by atoms with Gasteiger partial charge in [0.25, 0.3) is 0 Å². The Labute approximate surface area is 87.5 Å². The molecule has 0 saturated heterocycles. The summed E-state index contributed by atoms with van der Waals surface area (Å²) >= 11 is 4.81. The van der Waals surface area contributed by atoms with Crippen LogP contribution in [0.5, 0.6) is 0 Å². The Morgan fingerprint density at radius 1 is 1.23 bits per heavy atom. The minimum atomic E-state index is 0.641. The van der Waals surface area contributed by atoms with Crippen LogP contribution in [-0.4, -0.2) is 30.0 Å². The van der Waals surface area contributed by atoms with Crippen LogP contribution in [-0.2, 0) is 0 Å². The summed E-state index contributed by atoms with van der Waals surface area (Å²) in [6.45, 7) is 4.54. The molecule has 0 fully saturated rings. The van der Waals surface area contributed by atoms with E-state index in [1.807, 2.05) is 0 Å². The fourth-order valence-electron chi connectivity index (χ4n) is 1.27. The SMILES string of the molecule is CCCCCN(C)CCCC(N)=S. The molecule has 0 rings (SSSR count). The lowest BCUT2D eigenvalue weighted by atomic mass is 10.2. The zero-order valence-electron chi connectivity index (χ0n) is 8.88. The minimum Gasteiger partial charge on any atom is -0.393 e. The number of thiocarbonyl (C=S) groups is 1. The zero-order valence-corrected chi connectivity index (χ0v) is 9.70. The summed E-state index contributed by atoms with van der Waals surface area (Å²) in [7, 11) is 2.16. The van der Waals surface area contributed by atoms with Gasteiger partial charge >= 0.3 is 0 Å². The second-order valence-electron chi connectivity index (χ2n) is 3.58. The molecule has 0 radical (unpaired) electrons. The molecule has 0 aromatic heterocycles. The molecule has 2 N–H and O–H groups in total. The van der Waals surface area contributed by atoms with E-state index < -0.39 is 0 Å². The molecule has 13 heavy (non-hydrogen) atoms. The van der Waals surface area contributed by atoms with Crippen molar-refractivity contribution in [2.45, 2.75) is 39.0 Å². The fourth-order valence-corrected chi connectivity index (χ4v) is 1.41. The molecule has 3 heteroatoms. The molecule has 0 aromatic carbocycles. The number of rotatable bonds is 8. The van der Waals surface area contributed by atoms with Crippen molar-refractivity contribution in [1.82, 2.24) is 4.90 Å². The Bertz CT molecular complexity index is 137. The van der Waals surface area contributed by atoms with Gasteiger partial charge in [-0.05, 0) is 39.4 Å². The predicted molar refractivity (Wildman–Crippen MR) is 63.0 cm³/mol. The van der Waals surface area contributed by atoms with E-state index in [2.05, 4.69) is 18.9 Å². The number of hydrogen-bond acceptors (Lipinski definition) is 2. The summed E-state index contributed by atoms with van der Waals surface area (Å²) in [4.78, 5) is 3.00. The third-order valence-electron chi connectivity index (χ3n) is 2.11. The molecule has 0 aliphatic carbocycles. The maximum Gasteiger partial charge on any atom is 0.0727 e. The van der Waals surface area contributed by atoms with E-state index in [0.717, 1.165) is 19.4 Å². The Hall–Kier alpha value is -0.150. The van der Waals surface area contributed by atoms with Crippen LogP contribution < -0.4 is 5.73 Å². The lowest BCUT2D eigenvalue weighted by Crippen LogP contribution is -2.22. The molecule has 0 heterocycles. The minimum absolute atomic E-state index is 0.641. The summed E-state index contributed by atoms with van der Waals surface area (Å²) in [5, 5.41) is 0. The number of unbranched alkanes of at least 4 members (excludes halogenated alkanes) is 2. The monoisotopic (exact) mass is 202 g/mol. The highest BCUT2D eigenvalue weighted by Crippen LogP contribution is 1.98. The van der Waals surface area contributed by atoms with Gasteiger partial charge in [0.15, 0.2) is 0 Å². The molecule has 0 bridgehead atoms. The highest BCUT2D eigenvalue weighted by Gasteiger charge is 1.97.